The van der Waals surface area contributed by atoms with Crippen LogP contribution in [0.15, 0.2) is 12.4 Å². The van der Waals surface area contributed by atoms with E-state index in [9.17, 15) is 0 Å². The van der Waals surface area contributed by atoms with Crippen molar-refractivity contribution in [2.75, 3.05) is 25.4 Å². The van der Waals surface area contributed by atoms with Crippen LogP contribution in [0.3, 0.4) is 0 Å². The molecule has 0 unspecified atom stereocenters. The zero-order valence-corrected chi connectivity index (χ0v) is 9.43. The fourth-order valence-electron chi connectivity index (χ4n) is 1.49. The van der Waals surface area contributed by atoms with Crippen LogP contribution in [0.4, 0.5) is 5.69 Å². The van der Waals surface area contributed by atoms with Crippen LogP contribution in [-0.2, 0) is 6.54 Å². The molecule has 0 atom stereocenters. The fourth-order valence-corrected chi connectivity index (χ4v) is 1.49. The maximum Gasteiger partial charge on any atom is 0.0719 e. The Kier molecular flexibility index (Phi) is 4.58. The summed E-state index contributed by atoms with van der Waals surface area (Å²) in [6, 6.07) is 0.435. The summed E-state index contributed by atoms with van der Waals surface area (Å²) in [5.74, 6) is 0. The molecule has 5 nitrogen and oxygen atoms in total. The van der Waals surface area contributed by atoms with E-state index in [1.807, 2.05) is 10.9 Å². The minimum absolute atomic E-state index is 0.194. The minimum atomic E-state index is 0.194. The number of nitrogens with zero attached hydrogens (tertiary/aromatic N) is 3. The van der Waals surface area contributed by atoms with Gasteiger partial charge in [0, 0.05) is 25.3 Å². The van der Waals surface area contributed by atoms with Crippen LogP contribution in [-0.4, -0.2) is 45.5 Å². The molecule has 0 spiro atoms. The van der Waals surface area contributed by atoms with Gasteiger partial charge in [-0.2, -0.15) is 5.10 Å². The van der Waals surface area contributed by atoms with Gasteiger partial charge in [-0.3, -0.25) is 9.58 Å². The lowest BCUT2D eigenvalue weighted by Gasteiger charge is -2.25. The summed E-state index contributed by atoms with van der Waals surface area (Å²) in [6.07, 6.45) is 3.46. The number of hydrogen-bond acceptors (Lipinski definition) is 4. The van der Waals surface area contributed by atoms with Crippen molar-refractivity contribution in [3.8, 4) is 0 Å². The van der Waals surface area contributed by atoms with Crippen molar-refractivity contribution in [2.24, 2.45) is 0 Å². The molecule has 0 saturated carbocycles. The number of rotatable bonds is 6. The standard InChI is InChI=1S/C10H20N4O/c1-9(2)13(5-6-15)3-4-14-8-10(11)7-12-14/h7-9,15H,3-6,11H2,1-2H3. The summed E-state index contributed by atoms with van der Waals surface area (Å²) in [7, 11) is 0. The molecule has 5 heteroatoms. The maximum absolute atomic E-state index is 8.90. The van der Waals surface area contributed by atoms with Crippen LogP contribution in [0.1, 0.15) is 13.8 Å². The van der Waals surface area contributed by atoms with Gasteiger partial charge in [-0.25, -0.2) is 0 Å². The Labute approximate surface area is 90.5 Å². The molecule has 0 fully saturated rings. The molecule has 1 aromatic rings. The number of hydrogen-bond donors (Lipinski definition) is 2. The third-order valence-corrected chi connectivity index (χ3v) is 2.39. The second-order valence-corrected chi connectivity index (χ2v) is 3.89. The number of nitrogen functional groups attached to an aromatic ring is 1. The van der Waals surface area contributed by atoms with E-state index in [1.54, 1.807) is 6.20 Å². The number of aliphatic hydroxyl groups excluding tert-OH is 1. The summed E-state index contributed by atoms with van der Waals surface area (Å²) in [5.41, 5.74) is 6.25. The average Bonchev–Trinajstić information content (AvgIpc) is 2.58. The molecule has 0 aromatic carbocycles. The molecule has 3 N–H and O–H groups in total. The molecule has 0 aliphatic carbocycles. The van der Waals surface area contributed by atoms with Gasteiger partial charge in [0.05, 0.1) is 25.0 Å². The van der Waals surface area contributed by atoms with Gasteiger partial charge in [-0.05, 0) is 13.8 Å². The summed E-state index contributed by atoms with van der Waals surface area (Å²) >= 11 is 0. The molecule has 0 bridgehead atoms. The smallest absolute Gasteiger partial charge is 0.0719 e. The molecule has 1 rings (SSSR count). The second-order valence-electron chi connectivity index (χ2n) is 3.89. The quantitative estimate of drug-likeness (QED) is 0.705. The lowest BCUT2D eigenvalue weighted by Crippen LogP contribution is -2.36. The molecule has 15 heavy (non-hydrogen) atoms. The molecule has 0 amide bonds. The maximum atomic E-state index is 8.90. The molecule has 0 aliphatic heterocycles. The first-order valence-electron chi connectivity index (χ1n) is 5.26. The van der Waals surface area contributed by atoms with Gasteiger partial charge < -0.3 is 10.8 Å². The number of anilines is 1. The third-order valence-electron chi connectivity index (χ3n) is 2.39. The van der Waals surface area contributed by atoms with E-state index in [2.05, 4.69) is 23.8 Å². The number of aromatic nitrogens is 2. The Balaban J connectivity index is 2.39. The van der Waals surface area contributed by atoms with Gasteiger partial charge in [0.2, 0.25) is 0 Å². The summed E-state index contributed by atoms with van der Waals surface area (Å²) in [5, 5.41) is 13.0. The van der Waals surface area contributed by atoms with Crippen LogP contribution in [0.2, 0.25) is 0 Å². The fraction of sp³-hybridized carbons (Fsp3) is 0.700. The summed E-state index contributed by atoms with van der Waals surface area (Å²) in [6.45, 7) is 6.81. The first kappa shape index (κ1) is 12.0. The highest BCUT2D eigenvalue weighted by molar-refractivity contribution is 5.30. The topological polar surface area (TPSA) is 67.3 Å². The van der Waals surface area contributed by atoms with Crippen LogP contribution in [0.25, 0.3) is 0 Å². The van der Waals surface area contributed by atoms with Gasteiger partial charge in [-0.15, -0.1) is 0 Å². The Bertz CT molecular complexity index is 285. The van der Waals surface area contributed by atoms with Crippen molar-refractivity contribution in [1.82, 2.24) is 14.7 Å². The van der Waals surface area contributed by atoms with Gasteiger partial charge in [-0.1, -0.05) is 0 Å². The van der Waals surface area contributed by atoms with E-state index in [1.165, 1.54) is 0 Å². The van der Waals surface area contributed by atoms with Crippen molar-refractivity contribution in [2.45, 2.75) is 26.4 Å². The largest absolute Gasteiger partial charge is 0.396 e. The van der Waals surface area contributed by atoms with E-state index < -0.39 is 0 Å². The van der Waals surface area contributed by atoms with Crippen molar-refractivity contribution < 1.29 is 5.11 Å². The van der Waals surface area contributed by atoms with Gasteiger partial charge in [0.15, 0.2) is 0 Å². The van der Waals surface area contributed by atoms with Crippen molar-refractivity contribution in [3.63, 3.8) is 0 Å². The lowest BCUT2D eigenvalue weighted by atomic mass is 10.3. The number of nitrogens with two attached hydrogens (primary N) is 1. The minimum Gasteiger partial charge on any atom is -0.396 e. The van der Waals surface area contributed by atoms with Crippen LogP contribution < -0.4 is 5.73 Å². The highest BCUT2D eigenvalue weighted by atomic mass is 16.3. The predicted octanol–water partition coefficient (Wildman–Crippen LogP) is 0.168. The van der Waals surface area contributed by atoms with Crippen LogP contribution in [0.5, 0.6) is 0 Å². The van der Waals surface area contributed by atoms with E-state index in [0.29, 0.717) is 18.3 Å². The Hall–Kier alpha value is -1.07. The SMILES string of the molecule is CC(C)N(CCO)CCn1cc(N)cn1. The van der Waals surface area contributed by atoms with Crippen molar-refractivity contribution >= 4 is 5.69 Å². The first-order valence-corrected chi connectivity index (χ1v) is 5.26. The van der Waals surface area contributed by atoms with Crippen LogP contribution in [0, 0.1) is 0 Å². The van der Waals surface area contributed by atoms with E-state index in [0.717, 1.165) is 13.1 Å². The Morgan fingerprint density at radius 2 is 2.27 bits per heavy atom. The molecular weight excluding hydrogens is 192 g/mol. The highest BCUT2D eigenvalue weighted by Gasteiger charge is 2.08. The van der Waals surface area contributed by atoms with Crippen molar-refractivity contribution in [1.29, 1.82) is 0 Å². The molecule has 86 valence electrons. The zero-order chi connectivity index (χ0) is 11.3. The van der Waals surface area contributed by atoms with Crippen molar-refractivity contribution in [3.05, 3.63) is 12.4 Å². The monoisotopic (exact) mass is 212 g/mol. The van der Waals surface area contributed by atoms with Gasteiger partial charge >= 0.3 is 0 Å². The van der Waals surface area contributed by atoms with Crippen LogP contribution >= 0.6 is 0 Å². The second kappa shape index (κ2) is 5.72. The van der Waals surface area contributed by atoms with Gasteiger partial charge in [0.25, 0.3) is 0 Å². The third kappa shape index (κ3) is 3.89. The van der Waals surface area contributed by atoms with E-state index in [4.69, 9.17) is 10.8 Å². The Morgan fingerprint density at radius 1 is 1.53 bits per heavy atom. The Morgan fingerprint density at radius 3 is 2.73 bits per heavy atom. The number of aliphatic hydroxyl groups is 1. The summed E-state index contributed by atoms with van der Waals surface area (Å²) in [4.78, 5) is 2.21. The highest BCUT2D eigenvalue weighted by Crippen LogP contribution is 2.01. The van der Waals surface area contributed by atoms with E-state index >= 15 is 0 Å². The molecular formula is C10H20N4O. The van der Waals surface area contributed by atoms with Gasteiger partial charge in [0.1, 0.15) is 0 Å². The average molecular weight is 212 g/mol. The molecule has 0 aliphatic rings. The van der Waals surface area contributed by atoms with E-state index in [-0.39, 0.29) is 6.61 Å². The predicted molar refractivity (Wildman–Crippen MR) is 60.4 cm³/mol. The first-order chi connectivity index (χ1) is 7.13. The molecule has 1 heterocycles. The lowest BCUT2D eigenvalue weighted by molar-refractivity contribution is 0.159. The summed E-state index contributed by atoms with van der Waals surface area (Å²) < 4.78 is 1.82. The normalized spacial score (nSPS) is 11.5. The molecule has 1 aromatic heterocycles. The molecule has 0 radical (unpaired) electrons. The zero-order valence-electron chi connectivity index (χ0n) is 9.43. The molecule has 0 saturated heterocycles.